The molecular formula is C25H31ClN2O5. The molecule has 7 nitrogen and oxygen atoms in total. The Kier molecular flexibility index (Phi) is 10.2. The van der Waals surface area contributed by atoms with Crippen LogP contribution in [0.15, 0.2) is 59.1 Å². The van der Waals surface area contributed by atoms with Crippen LogP contribution in [0.25, 0.3) is 0 Å². The number of nitroso groups, excluding NO2 is 1. The van der Waals surface area contributed by atoms with Crippen LogP contribution in [0, 0.1) is 4.91 Å². The van der Waals surface area contributed by atoms with Crippen LogP contribution in [-0.4, -0.2) is 39.1 Å². The summed E-state index contributed by atoms with van der Waals surface area (Å²) in [4.78, 5) is 24.5. The van der Waals surface area contributed by atoms with Crippen molar-refractivity contribution in [2.24, 2.45) is 5.18 Å². The standard InChI is InChI=1S/C25H30N2O5.ClH/c1-17(30)24(26-32)23(31)9-5-6-11-27-12-10-19-13-20(15-28)21(16-29)14-22(19)25(27)18-7-3-2-4-8-18;/h2-4,7-8,13-14,25,28-29,31H,5-6,9-12,15-16H2,1H3;1H. The Bertz CT molecular complexity index is 994. The van der Waals surface area contributed by atoms with Crippen molar-refractivity contribution in [1.29, 1.82) is 0 Å². The summed E-state index contributed by atoms with van der Waals surface area (Å²) < 4.78 is 0. The second-order valence-corrected chi connectivity index (χ2v) is 8.14. The second-order valence-electron chi connectivity index (χ2n) is 8.14. The monoisotopic (exact) mass is 474 g/mol. The number of aliphatic hydroxyl groups excluding tert-OH is 3. The minimum Gasteiger partial charge on any atom is -0.510 e. The van der Waals surface area contributed by atoms with E-state index in [0.717, 1.165) is 48.2 Å². The number of hydrogen-bond acceptors (Lipinski definition) is 7. The van der Waals surface area contributed by atoms with Gasteiger partial charge in [0.1, 0.15) is 5.76 Å². The summed E-state index contributed by atoms with van der Waals surface area (Å²) in [7, 11) is 0. The van der Waals surface area contributed by atoms with E-state index in [0.29, 0.717) is 6.42 Å². The molecule has 1 atom stereocenters. The Morgan fingerprint density at radius 1 is 1.09 bits per heavy atom. The van der Waals surface area contributed by atoms with Gasteiger partial charge < -0.3 is 15.3 Å². The van der Waals surface area contributed by atoms with Crippen LogP contribution in [0.5, 0.6) is 0 Å². The SMILES string of the molecule is CC(=O)C(N=O)=C(O)CCCCN1CCc2cc(CO)c(CO)cc2C1c1ccccc1.Cl. The van der Waals surface area contributed by atoms with Gasteiger partial charge in [-0.2, -0.15) is 0 Å². The van der Waals surface area contributed by atoms with Crippen molar-refractivity contribution < 1.29 is 20.1 Å². The highest BCUT2D eigenvalue weighted by Gasteiger charge is 2.29. The van der Waals surface area contributed by atoms with Gasteiger partial charge in [-0.1, -0.05) is 42.5 Å². The van der Waals surface area contributed by atoms with E-state index in [1.807, 2.05) is 30.3 Å². The van der Waals surface area contributed by atoms with E-state index < -0.39 is 11.5 Å². The number of unbranched alkanes of at least 4 members (excludes halogenated alkanes) is 1. The molecule has 1 aliphatic heterocycles. The van der Waals surface area contributed by atoms with Crippen molar-refractivity contribution in [2.75, 3.05) is 13.1 Å². The van der Waals surface area contributed by atoms with Crippen LogP contribution < -0.4 is 0 Å². The van der Waals surface area contributed by atoms with Crippen molar-refractivity contribution >= 4 is 18.2 Å². The fraction of sp³-hybridized carbons (Fsp3) is 0.400. The fourth-order valence-electron chi connectivity index (χ4n) is 4.43. The molecule has 0 saturated carbocycles. The molecule has 0 bridgehead atoms. The first-order valence-electron chi connectivity index (χ1n) is 10.9. The molecule has 2 aromatic carbocycles. The number of carbonyl (C=O) groups is 1. The number of fused-ring (bicyclic) bond motifs is 1. The molecule has 8 heteroatoms. The van der Waals surface area contributed by atoms with Gasteiger partial charge >= 0.3 is 0 Å². The van der Waals surface area contributed by atoms with Gasteiger partial charge in [0.15, 0.2) is 11.5 Å². The van der Waals surface area contributed by atoms with Crippen LogP contribution in [0.2, 0.25) is 0 Å². The lowest BCUT2D eigenvalue weighted by Gasteiger charge is -2.38. The third-order valence-corrected chi connectivity index (χ3v) is 6.05. The Balaban J connectivity index is 0.00000385. The van der Waals surface area contributed by atoms with Crippen LogP contribution in [0.1, 0.15) is 60.0 Å². The number of halogens is 1. The Labute approximate surface area is 200 Å². The highest BCUT2D eigenvalue weighted by atomic mass is 35.5. The number of hydrogen-bond donors (Lipinski definition) is 3. The summed E-state index contributed by atoms with van der Waals surface area (Å²) in [5.74, 6) is -0.781. The normalized spacial score (nSPS) is 16.4. The summed E-state index contributed by atoms with van der Waals surface area (Å²) in [6.07, 6.45) is 2.46. The third kappa shape index (κ3) is 6.26. The van der Waals surface area contributed by atoms with Crippen LogP contribution in [-0.2, 0) is 24.4 Å². The van der Waals surface area contributed by atoms with E-state index in [1.165, 1.54) is 12.5 Å². The quantitative estimate of drug-likeness (QED) is 0.204. The van der Waals surface area contributed by atoms with E-state index in [9.17, 15) is 25.0 Å². The minimum absolute atomic E-state index is 0. The molecule has 0 amide bonds. The first-order valence-corrected chi connectivity index (χ1v) is 10.9. The Morgan fingerprint density at radius 3 is 2.36 bits per heavy atom. The molecule has 0 aromatic heterocycles. The zero-order valence-corrected chi connectivity index (χ0v) is 19.6. The predicted octanol–water partition coefficient (Wildman–Crippen LogP) is 4.34. The van der Waals surface area contributed by atoms with Gasteiger partial charge in [-0.15, -0.1) is 17.3 Å². The molecule has 3 rings (SSSR count). The van der Waals surface area contributed by atoms with Crippen molar-refractivity contribution in [3.8, 4) is 0 Å². The van der Waals surface area contributed by atoms with Crippen molar-refractivity contribution in [3.05, 3.63) is 86.6 Å². The molecule has 0 radical (unpaired) electrons. The first-order chi connectivity index (χ1) is 15.5. The molecule has 3 N–H and O–H groups in total. The van der Waals surface area contributed by atoms with Gasteiger partial charge in [-0.3, -0.25) is 9.69 Å². The zero-order chi connectivity index (χ0) is 23.1. The summed E-state index contributed by atoms with van der Waals surface area (Å²) in [5, 5.41) is 32.1. The number of ketones is 1. The number of rotatable bonds is 10. The maximum atomic E-state index is 11.4. The molecular weight excluding hydrogens is 444 g/mol. The van der Waals surface area contributed by atoms with Crippen LogP contribution >= 0.6 is 12.4 Å². The van der Waals surface area contributed by atoms with Gasteiger partial charge in [0.25, 0.3) is 0 Å². The van der Waals surface area contributed by atoms with Gasteiger partial charge in [0.2, 0.25) is 0 Å². The maximum absolute atomic E-state index is 11.4. The number of allylic oxidation sites excluding steroid dienone is 2. The van der Waals surface area contributed by atoms with Gasteiger partial charge in [0.05, 0.1) is 19.3 Å². The third-order valence-electron chi connectivity index (χ3n) is 6.05. The molecule has 1 unspecified atom stereocenters. The Morgan fingerprint density at radius 2 is 1.76 bits per heavy atom. The molecule has 1 heterocycles. The molecule has 0 saturated heterocycles. The van der Waals surface area contributed by atoms with Crippen LogP contribution in [0.4, 0.5) is 0 Å². The van der Waals surface area contributed by atoms with E-state index in [2.05, 4.69) is 22.2 Å². The molecule has 178 valence electrons. The summed E-state index contributed by atoms with van der Waals surface area (Å²) in [5.41, 5.74) is 4.58. The molecule has 0 aliphatic carbocycles. The number of benzene rings is 2. The average Bonchev–Trinajstić information content (AvgIpc) is 2.81. The highest BCUT2D eigenvalue weighted by Crippen LogP contribution is 2.37. The highest BCUT2D eigenvalue weighted by molar-refractivity contribution is 5.93. The topological polar surface area (TPSA) is 110 Å². The number of nitrogens with zero attached hydrogens (tertiary/aromatic N) is 2. The van der Waals surface area contributed by atoms with Crippen molar-refractivity contribution in [2.45, 2.75) is 51.9 Å². The zero-order valence-electron chi connectivity index (χ0n) is 18.7. The van der Waals surface area contributed by atoms with E-state index in [-0.39, 0.29) is 43.8 Å². The van der Waals surface area contributed by atoms with Crippen LogP contribution in [0.3, 0.4) is 0 Å². The maximum Gasteiger partial charge on any atom is 0.187 e. The summed E-state index contributed by atoms with van der Waals surface area (Å²) >= 11 is 0. The molecule has 1 aliphatic rings. The number of carbonyl (C=O) groups excluding carboxylic acids is 1. The van der Waals surface area contributed by atoms with Crippen molar-refractivity contribution in [3.63, 3.8) is 0 Å². The number of Topliss-reactive ketones (excluding diaryl/α,β-unsaturated/α-hetero) is 1. The van der Waals surface area contributed by atoms with Gasteiger partial charge in [0, 0.05) is 19.9 Å². The lowest BCUT2D eigenvalue weighted by Crippen LogP contribution is -2.37. The lowest BCUT2D eigenvalue weighted by molar-refractivity contribution is -0.113. The molecule has 2 aromatic rings. The smallest absolute Gasteiger partial charge is 0.187 e. The summed E-state index contributed by atoms with van der Waals surface area (Å²) in [6, 6.07) is 14.2. The molecule has 0 fully saturated rings. The minimum atomic E-state index is -0.531. The van der Waals surface area contributed by atoms with Crippen molar-refractivity contribution in [1.82, 2.24) is 4.90 Å². The average molecular weight is 475 g/mol. The molecule has 33 heavy (non-hydrogen) atoms. The summed E-state index contributed by atoms with van der Waals surface area (Å²) in [6.45, 7) is 2.60. The lowest BCUT2D eigenvalue weighted by atomic mass is 9.85. The van der Waals surface area contributed by atoms with E-state index >= 15 is 0 Å². The fourth-order valence-corrected chi connectivity index (χ4v) is 4.43. The second kappa shape index (κ2) is 12.6. The largest absolute Gasteiger partial charge is 0.510 e. The van der Waals surface area contributed by atoms with Gasteiger partial charge in [-0.25, -0.2) is 0 Å². The Hall–Kier alpha value is -2.58. The van der Waals surface area contributed by atoms with Gasteiger partial charge in [-0.05, 0) is 58.8 Å². The van der Waals surface area contributed by atoms with E-state index in [4.69, 9.17) is 0 Å². The number of aliphatic hydroxyl groups is 3. The first kappa shape index (κ1) is 26.7. The molecule has 0 spiro atoms. The predicted molar refractivity (Wildman–Crippen MR) is 129 cm³/mol. The van der Waals surface area contributed by atoms with E-state index in [1.54, 1.807) is 0 Å².